The zero-order chi connectivity index (χ0) is 19.0. The van der Waals surface area contributed by atoms with Crippen molar-refractivity contribution in [2.45, 2.75) is 76.2 Å². The van der Waals surface area contributed by atoms with Crippen molar-refractivity contribution in [1.82, 2.24) is 10.2 Å². The summed E-state index contributed by atoms with van der Waals surface area (Å²) in [6.07, 6.45) is 7.05. The number of nitrogens with zero attached hydrogens (tertiary/aromatic N) is 1. The number of hydrogen-bond acceptors (Lipinski definition) is 2. The van der Waals surface area contributed by atoms with Gasteiger partial charge in [-0.25, -0.2) is 0 Å². The average Bonchev–Trinajstić information content (AvgIpc) is 2.87. The minimum absolute atomic E-state index is 0.149. The van der Waals surface area contributed by atoms with Gasteiger partial charge in [-0.15, -0.1) is 0 Å². The summed E-state index contributed by atoms with van der Waals surface area (Å²) in [4.78, 5) is 27.1. The Morgan fingerprint density at radius 3 is 2.52 bits per heavy atom. The van der Waals surface area contributed by atoms with Crippen molar-refractivity contribution in [2.75, 3.05) is 13.1 Å². The van der Waals surface area contributed by atoms with Gasteiger partial charge >= 0.3 is 0 Å². The second-order valence-corrected chi connectivity index (χ2v) is 9.15. The molecule has 1 aliphatic heterocycles. The van der Waals surface area contributed by atoms with E-state index >= 15 is 0 Å². The number of hydrogen-bond donors (Lipinski definition) is 1. The lowest BCUT2D eigenvalue weighted by atomic mass is 9.72. The van der Waals surface area contributed by atoms with Crippen LogP contribution in [0.4, 0.5) is 0 Å². The molecule has 2 aliphatic carbocycles. The van der Waals surface area contributed by atoms with Gasteiger partial charge in [0.05, 0.1) is 0 Å². The van der Waals surface area contributed by atoms with Gasteiger partial charge in [-0.05, 0) is 68.4 Å². The molecule has 4 heteroatoms. The molecule has 2 amide bonds. The Morgan fingerprint density at radius 1 is 1.19 bits per heavy atom. The molecule has 1 aromatic rings. The first kappa shape index (κ1) is 18.5. The van der Waals surface area contributed by atoms with Gasteiger partial charge in [0.1, 0.15) is 0 Å². The third-order valence-electron chi connectivity index (χ3n) is 6.98. The molecule has 1 N–H and O–H groups in total. The average molecular weight is 369 g/mol. The molecule has 0 radical (unpaired) electrons. The van der Waals surface area contributed by atoms with Gasteiger partial charge in [0, 0.05) is 31.5 Å². The quantitative estimate of drug-likeness (QED) is 0.880. The monoisotopic (exact) mass is 368 g/mol. The predicted molar refractivity (Wildman–Crippen MR) is 107 cm³/mol. The Labute approximate surface area is 162 Å². The highest BCUT2D eigenvalue weighted by Gasteiger charge is 2.46. The van der Waals surface area contributed by atoms with Crippen LogP contribution in [-0.2, 0) is 15.0 Å². The van der Waals surface area contributed by atoms with Crippen LogP contribution in [0.15, 0.2) is 24.3 Å². The lowest BCUT2D eigenvalue weighted by Crippen LogP contribution is -2.47. The zero-order valence-corrected chi connectivity index (χ0v) is 16.7. The number of likely N-dealkylation sites (tertiary alicyclic amines) is 1. The van der Waals surface area contributed by atoms with Gasteiger partial charge in [0.15, 0.2) is 0 Å². The van der Waals surface area contributed by atoms with Crippen LogP contribution in [0.25, 0.3) is 0 Å². The maximum atomic E-state index is 12.6. The lowest BCUT2D eigenvalue weighted by Gasteiger charge is -2.42. The van der Waals surface area contributed by atoms with Gasteiger partial charge in [-0.2, -0.15) is 0 Å². The van der Waals surface area contributed by atoms with E-state index in [-0.39, 0.29) is 17.4 Å². The number of benzene rings is 1. The van der Waals surface area contributed by atoms with Crippen molar-refractivity contribution >= 4 is 11.8 Å². The highest BCUT2D eigenvalue weighted by atomic mass is 16.2. The molecule has 1 saturated heterocycles. The molecule has 3 aliphatic rings. The van der Waals surface area contributed by atoms with Crippen LogP contribution in [0.2, 0.25) is 0 Å². The van der Waals surface area contributed by atoms with E-state index in [9.17, 15) is 9.59 Å². The summed E-state index contributed by atoms with van der Waals surface area (Å²) in [6, 6.07) is 8.88. The van der Waals surface area contributed by atoms with E-state index in [0.29, 0.717) is 24.2 Å². The second kappa shape index (κ2) is 7.29. The number of nitrogens with one attached hydrogen (secondary N) is 1. The summed E-state index contributed by atoms with van der Waals surface area (Å²) in [6.45, 7) is 5.76. The van der Waals surface area contributed by atoms with Crippen LogP contribution in [0.5, 0.6) is 0 Å². The number of amides is 2. The van der Waals surface area contributed by atoms with Crippen LogP contribution < -0.4 is 5.32 Å². The molecule has 27 heavy (non-hydrogen) atoms. The number of carbonyl (C=O) groups excluding carboxylic acids is 2. The Morgan fingerprint density at radius 2 is 1.89 bits per heavy atom. The molecule has 1 heterocycles. The van der Waals surface area contributed by atoms with Crippen molar-refractivity contribution in [3.8, 4) is 0 Å². The molecule has 0 aromatic heterocycles. The fourth-order valence-corrected chi connectivity index (χ4v) is 5.36. The molecule has 1 aromatic carbocycles. The Bertz CT molecular complexity index is 715. The standard InChI is InChI=1S/C23H32N2O2/c1-16(2)24-21(26)14-18-15-23(20-9-4-3-8-19(18)20)10-12-25(13-11-23)22(27)17-6-5-7-17/h3-4,8-9,16-18H,5-7,10-15H2,1-2H3,(H,24,26). The number of rotatable bonds is 4. The second-order valence-electron chi connectivity index (χ2n) is 9.15. The molecule has 1 unspecified atom stereocenters. The van der Waals surface area contributed by atoms with Crippen LogP contribution in [0.1, 0.15) is 75.8 Å². The highest BCUT2D eigenvalue weighted by molar-refractivity contribution is 5.80. The molecule has 2 fully saturated rings. The van der Waals surface area contributed by atoms with E-state index in [2.05, 4.69) is 34.5 Å². The third-order valence-corrected chi connectivity index (χ3v) is 6.98. The van der Waals surface area contributed by atoms with Gasteiger partial charge in [0.25, 0.3) is 0 Å². The topological polar surface area (TPSA) is 49.4 Å². The highest BCUT2D eigenvalue weighted by Crippen LogP contribution is 2.52. The van der Waals surface area contributed by atoms with Gasteiger partial charge in [-0.3, -0.25) is 9.59 Å². The van der Waals surface area contributed by atoms with Crippen molar-refractivity contribution in [2.24, 2.45) is 5.92 Å². The molecular weight excluding hydrogens is 336 g/mol. The number of fused-ring (bicyclic) bond motifs is 2. The fourth-order valence-electron chi connectivity index (χ4n) is 5.36. The molecular formula is C23H32N2O2. The Balaban J connectivity index is 1.47. The van der Waals surface area contributed by atoms with Crippen LogP contribution in [-0.4, -0.2) is 35.8 Å². The molecule has 0 bridgehead atoms. The summed E-state index contributed by atoms with van der Waals surface area (Å²) in [5.74, 6) is 1.13. The van der Waals surface area contributed by atoms with E-state index in [1.807, 2.05) is 13.8 Å². The maximum Gasteiger partial charge on any atom is 0.225 e. The lowest BCUT2D eigenvalue weighted by molar-refractivity contribution is -0.139. The van der Waals surface area contributed by atoms with E-state index in [1.165, 1.54) is 17.5 Å². The summed E-state index contributed by atoms with van der Waals surface area (Å²) in [7, 11) is 0. The SMILES string of the molecule is CC(C)NC(=O)CC1CC2(CCN(C(=O)C3CCC3)CC2)c2ccccc21. The van der Waals surface area contributed by atoms with E-state index in [4.69, 9.17) is 0 Å². The fraction of sp³-hybridized carbons (Fsp3) is 0.652. The van der Waals surface area contributed by atoms with Crippen molar-refractivity contribution in [3.63, 3.8) is 0 Å². The summed E-state index contributed by atoms with van der Waals surface area (Å²) >= 11 is 0. The van der Waals surface area contributed by atoms with Gasteiger partial charge in [0.2, 0.25) is 11.8 Å². The first-order chi connectivity index (χ1) is 13.0. The molecule has 146 valence electrons. The first-order valence-electron chi connectivity index (χ1n) is 10.7. The van der Waals surface area contributed by atoms with E-state index in [0.717, 1.165) is 45.2 Å². The minimum Gasteiger partial charge on any atom is -0.354 e. The van der Waals surface area contributed by atoms with Crippen LogP contribution in [0.3, 0.4) is 0 Å². The Kier molecular flexibility index (Phi) is 5.00. The minimum atomic E-state index is 0.149. The van der Waals surface area contributed by atoms with Gasteiger partial charge < -0.3 is 10.2 Å². The van der Waals surface area contributed by atoms with E-state index in [1.54, 1.807) is 0 Å². The number of carbonyl (C=O) groups is 2. The molecule has 4 rings (SSSR count). The zero-order valence-electron chi connectivity index (χ0n) is 16.7. The van der Waals surface area contributed by atoms with Gasteiger partial charge in [-0.1, -0.05) is 30.7 Å². The molecule has 4 nitrogen and oxygen atoms in total. The van der Waals surface area contributed by atoms with Crippen molar-refractivity contribution in [3.05, 3.63) is 35.4 Å². The summed E-state index contributed by atoms with van der Waals surface area (Å²) < 4.78 is 0. The van der Waals surface area contributed by atoms with Crippen molar-refractivity contribution < 1.29 is 9.59 Å². The predicted octanol–water partition coefficient (Wildman–Crippen LogP) is 3.75. The van der Waals surface area contributed by atoms with Crippen molar-refractivity contribution in [1.29, 1.82) is 0 Å². The van der Waals surface area contributed by atoms with Crippen LogP contribution in [0, 0.1) is 5.92 Å². The molecule has 1 atom stereocenters. The normalized spacial score (nSPS) is 24.0. The summed E-state index contributed by atoms with van der Waals surface area (Å²) in [5, 5.41) is 3.05. The first-order valence-corrected chi connectivity index (χ1v) is 10.7. The molecule has 1 spiro atoms. The molecule has 1 saturated carbocycles. The number of piperidine rings is 1. The summed E-state index contributed by atoms with van der Waals surface area (Å²) in [5.41, 5.74) is 2.94. The smallest absolute Gasteiger partial charge is 0.225 e. The Hall–Kier alpha value is -1.84. The maximum absolute atomic E-state index is 12.6. The van der Waals surface area contributed by atoms with Crippen LogP contribution >= 0.6 is 0 Å². The largest absolute Gasteiger partial charge is 0.354 e. The third kappa shape index (κ3) is 3.51. The van der Waals surface area contributed by atoms with E-state index < -0.39 is 0 Å².